The van der Waals surface area contributed by atoms with E-state index in [2.05, 4.69) is 42.7 Å². The van der Waals surface area contributed by atoms with E-state index in [1.165, 1.54) is 24.3 Å². The topological polar surface area (TPSA) is 26.2 Å². The largest absolute Gasteiger partial charge is 0.311 e. The van der Waals surface area contributed by atoms with Crippen molar-refractivity contribution in [3.8, 4) is 67.3 Å². The van der Waals surface area contributed by atoms with Gasteiger partial charge in [-0.3, -0.25) is 0 Å². The maximum absolute atomic E-state index is 9.82. The summed E-state index contributed by atoms with van der Waals surface area (Å²) >= 11 is 0. The van der Waals surface area contributed by atoms with Crippen molar-refractivity contribution in [2.24, 2.45) is 0 Å². The summed E-state index contributed by atoms with van der Waals surface area (Å²) in [5.74, 6) is 0. The Kier molecular flexibility index (Phi) is 9.07. The van der Waals surface area contributed by atoms with Crippen molar-refractivity contribution in [3.63, 3.8) is 0 Å². The second kappa shape index (κ2) is 25.1. The van der Waals surface area contributed by atoms with E-state index in [0.717, 1.165) is 11.0 Å². The molecule has 17 aromatic carbocycles. The van der Waals surface area contributed by atoms with Crippen molar-refractivity contribution in [2.75, 3.05) is 9.80 Å². The molecule has 23 rings (SSSR count). The Morgan fingerprint density at radius 1 is 0.239 bits per heavy atom. The lowest BCUT2D eigenvalue weighted by Crippen LogP contribution is -2.61. The molecule has 0 unspecified atom stereocenters. The number of para-hydroxylation sites is 10. The Labute approximate surface area is 699 Å². The minimum atomic E-state index is -0.869. The number of rotatable bonds is 10. The molecule has 0 saturated heterocycles. The normalized spacial score (nSPS) is 16.5. The van der Waals surface area contributed by atoms with Gasteiger partial charge in [0.25, 0.3) is 6.71 Å². The molecule has 0 bridgehead atoms. The predicted molar refractivity (Wildman–Crippen MR) is 478 cm³/mol. The lowest BCUT2D eigenvalue weighted by Gasteiger charge is -2.46. The first-order chi connectivity index (χ1) is 68.6. The van der Waals surface area contributed by atoms with E-state index in [9.17, 15) is 21.9 Å². The van der Waals surface area contributed by atoms with Gasteiger partial charge in [-0.25, -0.2) is 0 Å². The summed E-state index contributed by atoms with van der Waals surface area (Å²) in [6.07, 6.45) is 0. The van der Waals surface area contributed by atoms with Crippen LogP contribution in [0.15, 0.2) is 388 Å². The fourth-order valence-corrected chi connectivity index (χ4v) is 17.1. The zero-order valence-corrected chi connectivity index (χ0v) is 60.3. The second-order valence-corrected chi connectivity index (χ2v) is 29.2. The lowest BCUT2D eigenvalue weighted by atomic mass is 9.33. The average Bonchev–Trinajstić information content (AvgIpc) is 0.936. The quantitative estimate of drug-likeness (QED) is 0.128. The van der Waals surface area contributed by atoms with E-state index in [0.29, 0.717) is 101 Å². The summed E-state index contributed by atoms with van der Waals surface area (Å²) in [6.45, 7) is 5.34. The molecule has 2 aliphatic heterocycles. The molecular weight excluding hydrogens is 1370 g/mol. The first-order valence-electron chi connectivity index (χ1n) is 52.3. The highest BCUT2D eigenvalue weighted by Crippen LogP contribution is 2.52. The van der Waals surface area contributed by atoms with Crippen LogP contribution in [0, 0.1) is 0 Å². The number of nitrogens with zero attached hydrogens (tertiary/aromatic N) is 6. The number of hydrogen-bond acceptors (Lipinski definition) is 2. The van der Waals surface area contributed by atoms with Crippen molar-refractivity contribution in [2.45, 2.75) is 26.2 Å². The van der Waals surface area contributed by atoms with Crippen molar-refractivity contribution in [1.29, 1.82) is 0 Å². The van der Waals surface area contributed by atoms with Crippen molar-refractivity contribution in [3.05, 3.63) is 393 Å². The molecule has 0 radical (unpaired) electrons. The first-order valence-corrected chi connectivity index (χ1v) is 36.8. The molecule has 0 aliphatic carbocycles. The van der Waals surface area contributed by atoms with Crippen LogP contribution in [-0.2, 0) is 5.41 Å². The van der Waals surface area contributed by atoms with E-state index in [-0.39, 0.29) is 117 Å². The number of benzene rings is 17. The van der Waals surface area contributed by atoms with Crippen LogP contribution in [0.5, 0.6) is 0 Å². The summed E-state index contributed by atoms with van der Waals surface area (Å²) in [4.78, 5) is 4.25. The minimum Gasteiger partial charge on any atom is -0.311 e. The highest BCUT2D eigenvalue weighted by Gasteiger charge is 2.45. The Morgan fingerprint density at radius 2 is 0.558 bits per heavy atom. The van der Waals surface area contributed by atoms with Gasteiger partial charge < -0.3 is 28.1 Å². The summed E-state index contributed by atoms with van der Waals surface area (Å²) < 4.78 is 291. The Hall–Kier alpha value is -14.4. The fraction of sp³-hybridized carbons (Fsp3) is 0.0377. The molecule has 0 fully saturated rings. The summed E-state index contributed by atoms with van der Waals surface area (Å²) in [7, 11) is 0. The summed E-state index contributed by atoms with van der Waals surface area (Å²) in [5, 5.41) is -0.618. The predicted octanol–water partition coefficient (Wildman–Crippen LogP) is 26.1. The Balaban J connectivity index is 0.765. The standard InChI is InChI=1S/C106H73BN6/c1-106(2,3)74-64-103-105-104(65-74)113(92-38-15-5-28-80(92)73-26-24-25-72(63-73)70-53-57-76(58-54-70)109-95-41-18-8-31-83(95)84-32-9-19-42-96(84)109)102-67-78(111-99-45-22-12-35-87(99)88-36-13-23-46-100(88)111)60-62-90(102)107(105)89-61-59-77(110-97-43-20-10-33-85(97)86-34-11-21-44-98(86)110)66-101(89)112(103)91-37-14-4-27-79(91)71-49-47-68(48-50-71)69-51-55-75(56-52-69)108-93-39-16-6-29-81(93)82-30-7-17-40-94(82)108/h4-67H,1-3H3/i6D,7D,8D,10D,11D,12D,13D,16D,17D,18D,19D,20D,21D,22D,23D,29D,30D,31D,32D,33D,34D,35D,36D,39D,40D,41D,42D,43D,44D,45D,46D. The molecule has 6 heterocycles. The molecule has 4 aromatic heterocycles. The number of anilines is 6. The van der Waals surface area contributed by atoms with Gasteiger partial charge in [-0.15, -0.1) is 0 Å². The van der Waals surface area contributed by atoms with E-state index in [1.54, 1.807) is 48.5 Å². The van der Waals surface area contributed by atoms with Crippen LogP contribution in [-0.4, -0.2) is 25.0 Å². The van der Waals surface area contributed by atoms with Gasteiger partial charge in [0.05, 0.1) is 98.0 Å². The third-order valence-electron chi connectivity index (χ3n) is 22.2. The van der Waals surface area contributed by atoms with E-state index >= 15 is 0 Å². The highest BCUT2D eigenvalue weighted by atomic mass is 15.2. The monoisotopic (exact) mass is 1470 g/mol. The van der Waals surface area contributed by atoms with Crippen LogP contribution in [0.1, 0.15) is 68.8 Å². The minimum absolute atomic E-state index is 0.0273. The van der Waals surface area contributed by atoms with Gasteiger partial charge in [-0.2, -0.15) is 0 Å². The molecular formula is C106H73BN6. The smallest absolute Gasteiger partial charge is 0.252 e. The SMILES string of the molecule is [2H]c1cc([2H])c2c3c([2H])c([2H])c([2H])c([2H])c3n(-c3ccc(-c4cccc(-c5ccccc5N5c6cc(-n7c8c([2H])c([2H])c([2H])c([2H])c8c8c([2H])c([2H])c([2H])c([2H])c87)ccc6B6c7ccc(-n8c9c([2H])c([2H])c([2H])c([2H])c9c9c([2H])c([2H])c([2H])c([2H])c98)cc7N(c7ccccc7-c7ccc(-c8ccc(-n9c%10c([2H])c([2H])c([2H])c([2H])c%10c%10c([2H])c([2H])c([2H])c([2H])c%109)cc8)cc7)c7cc(C(C)(C)C)cc5c76)c4)cc3)c2c1[2H]. The maximum atomic E-state index is 9.82. The molecule has 0 amide bonds. The van der Waals surface area contributed by atoms with Gasteiger partial charge in [-0.1, -0.05) is 281 Å². The van der Waals surface area contributed by atoms with E-state index in [4.69, 9.17) is 20.6 Å². The molecule has 0 atom stereocenters. The third kappa shape index (κ3) is 9.94. The van der Waals surface area contributed by atoms with Gasteiger partial charge >= 0.3 is 0 Å². The Bertz CT molecular complexity index is 9240. The molecule has 530 valence electrons. The number of hydrogen-bond donors (Lipinski definition) is 0. The first kappa shape index (κ1) is 40.9. The highest BCUT2D eigenvalue weighted by molar-refractivity contribution is 7.00. The number of fused-ring (bicyclic) bond motifs is 16. The fourth-order valence-electron chi connectivity index (χ4n) is 17.1. The van der Waals surface area contributed by atoms with E-state index in [1.807, 2.05) is 133 Å². The van der Waals surface area contributed by atoms with Crippen LogP contribution < -0.4 is 26.2 Å². The second-order valence-electron chi connectivity index (χ2n) is 29.2. The van der Waals surface area contributed by atoms with E-state index < -0.39 is 181 Å². The van der Waals surface area contributed by atoms with Gasteiger partial charge in [0.2, 0.25) is 0 Å². The van der Waals surface area contributed by atoms with Gasteiger partial charge in [-0.05, 0) is 188 Å². The molecule has 0 saturated carbocycles. The maximum Gasteiger partial charge on any atom is 0.252 e. The molecule has 7 heteroatoms. The van der Waals surface area contributed by atoms with Crippen molar-refractivity contribution < 1.29 is 42.5 Å². The van der Waals surface area contributed by atoms with Crippen LogP contribution in [0.2, 0.25) is 0 Å². The van der Waals surface area contributed by atoms with Crippen molar-refractivity contribution >= 4 is 144 Å². The van der Waals surface area contributed by atoms with Crippen molar-refractivity contribution in [1.82, 2.24) is 18.3 Å². The van der Waals surface area contributed by atoms with Gasteiger partial charge in [0, 0.05) is 99.7 Å². The van der Waals surface area contributed by atoms with Crippen LogP contribution in [0.4, 0.5) is 34.1 Å². The molecule has 113 heavy (non-hydrogen) atoms. The summed E-state index contributed by atoms with van der Waals surface area (Å²) in [5.41, 5.74) is 11.4. The Morgan fingerprint density at radius 3 is 0.965 bits per heavy atom. The van der Waals surface area contributed by atoms with Crippen LogP contribution >= 0.6 is 0 Å². The van der Waals surface area contributed by atoms with Crippen LogP contribution in [0.3, 0.4) is 0 Å². The van der Waals surface area contributed by atoms with Gasteiger partial charge in [0.15, 0.2) is 0 Å². The third-order valence-corrected chi connectivity index (χ3v) is 22.2. The molecule has 0 N–H and O–H groups in total. The van der Waals surface area contributed by atoms with Gasteiger partial charge in [0.1, 0.15) is 0 Å². The lowest BCUT2D eigenvalue weighted by molar-refractivity contribution is 0.590. The zero-order valence-electron chi connectivity index (χ0n) is 91.3. The molecule has 6 nitrogen and oxygen atoms in total. The number of aromatic nitrogens is 4. The van der Waals surface area contributed by atoms with Crippen LogP contribution in [0.25, 0.3) is 154 Å². The molecule has 2 aliphatic rings. The average molecular weight is 1470 g/mol. The molecule has 21 aromatic rings. The zero-order chi connectivity index (χ0) is 102. The summed E-state index contributed by atoms with van der Waals surface area (Å²) in [6, 6.07) is 45.6. The molecule has 0 spiro atoms.